The summed E-state index contributed by atoms with van der Waals surface area (Å²) in [5.74, 6) is -2.29. The first kappa shape index (κ1) is 16.9. The highest BCUT2D eigenvalue weighted by molar-refractivity contribution is 5.96. The molecule has 130 valence electrons. The van der Waals surface area contributed by atoms with Crippen LogP contribution in [-0.2, 0) is 9.59 Å². The molecule has 5 nitrogen and oxygen atoms in total. The molecule has 2 amide bonds. The van der Waals surface area contributed by atoms with Gasteiger partial charge in [0.15, 0.2) is 18.2 Å². The van der Waals surface area contributed by atoms with E-state index in [1.807, 2.05) is 0 Å². The molecule has 2 aromatic rings. The van der Waals surface area contributed by atoms with E-state index in [-0.39, 0.29) is 18.3 Å². The molecular formula is C18H16F2N2O3. The molecule has 1 heterocycles. The summed E-state index contributed by atoms with van der Waals surface area (Å²) in [4.78, 5) is 25.3. The lowest BCUT2D eigenvalue weighted by Gasteiger charge is -2.16. The predicted octanol–water partition coefficient (Wildman–Crippen LogP) is 3.11. The summed E-state index contributed by atoms with van der Waals surface area (Å²) >= 11 is 0. The largest absolute Gasteiger partial charge is 0.484 e. The number of nitrogens with zero attached hydrogens (tertiary/aromatic N) is 1. The maximum atomic E-state index is 13.1. The van der Waals surface area contributed by atoms with Crippen LogP contribution in [0.4, 0.5) is 20.2 Å². The van der Waals surface area contributed by atoms with Gasteiger partial charge in [-0.3, -0.25) is 9.59 Å². The van der Waals surface area contributed by atoms with Gasteiger partial charge in [-0.15, -0.1) is 0 Å². The second-order valence-corrected chi connectivity index (χ2v) is 5.61. The number of hydrogen-bond acceptors (Lipinski definition) is 3. The van der Waals surface area contributed by atoms with E-state index in [9.17, 15) is 18.4 Å². The van der Waals surface area contributed by atoms with Crippen molar-refractivity contribution in [3.05, 3.63) is 54.1 Å². The van der Waals surface area contributed by atoms with Crippen molar-refractivity contribution in [3.63, 3.8) is 0 Å². The summed E-state index contributed by atoms with van der Waals surface area (Å²) in [6.45, 7) is 0.365. The Morgan fingerprint density at radius 2 is 1.88 bits per heavy atom. The molecule has 0 unspecified atom stereocenters. The van der Waals surface area contributed by atoms with Gasteiger partial charge in [0.2, 0.25) is 5.91 Å². The van der Waals surface area contributed by atoms with E-state index in [1.165, 1.54) is 6.07 Å². The molecule has 1 saturated heterocycles. The summed E-state index contributed by atoms with van der Waals surface area (Å²) in [6.07, 6.45) is 1.40. The fourth-order valence-corrected chi connectivity index (χ4v) is 2.56. The molecule has 25 heavy (non-hydrogen) atoms. The van der Waals surface area contributed by atoms with Crippen LogP contribution in [0.3, 0.4) is 0 Å². The predicted molar refractivity (Wildman–Crippen MR) is 88.5 cm³/mol. The quantitative estimate of drug-likeness (QED) is 0.905. The minimum absolute atomic E-state index is 0.0666. The minimum Gasteiger partial charge on any atom is -0.484 e. The number of carbonyl (C=O) groups excluding carboxylic acids is 2. The molecule has 1 N–H and O–H groups in total. The average molecular weight is 346 g/mol. The Morgan fingerprint density at radius 3 is 2.52 bits per heavy atom. The first-order chi connectivity index (χ1) is 12.0. The van der Waals surface area contributed by atoms with Crippen LogP contribution in [0.5, 0.6) is 5.75 Å². The molecule has 3 rings (SSSR count). The van der Waals surface area contributed by atoms with Gasteiger partial charge in [-0.05, 0) is 42.8 Å². The van der Waals surface area contributed by atoms with Gasteiger partial charge in [0.1, 0.15) is 5.75 Å². The van der Waals surface area contributed by atoms with Gasteiger partial charge in [-0.25, -0.2) is 8.78 Å². The molecule has 0 aliphatic carbocycles. The summed E-state index contributed by atoms with van der Waals surface area (Å²) in [5.41, 5.74) is 1.34. The number of anilines is 2. The third-order valence-corrected chi connectivity index (χ3v) is 3.80. The van der Waals surface area contributed by atoms with Gasteiger partial charge in [-0.1, -0.05) is 0 Å². The Labute approximate surface area is 143 Å². The van der Waals surface area contributed by atoms with E-state index in [1.54, 1.807) is 29.2 Å². The number of rotatable bonds is 5. The fraction of sp³-hybridized carbons (Fsp3) is 0.222. The standard InChI is InChI=1S/C18H16F2N2O3/c19-15-8-7-14(10-16(15)20)25-11-17(23)21-12-3-5-13(6-4-12)22-9-1-2-18(22)24/h3-8,10H,1-2,9,11H2,(H,21,23). The lowest BCUT2D eigenvalue weighted by atomic mass is 10.2. The van der Waals surface area contributed by atoms with E-state index < -0.39 is 17.5 Å². The van der Waals surface area contributed by atoms with Crippen molar-refractivity contribution in [2.45, 2.75) is 12.8 Å². The Hall–Kier alpha value is -2.96. The molecule has 0 spiro atoms. The second kappa shape index (κ2) is 7.29. The lowest BCUT2D eigenvalue weighted by Crippen LogP contribution is -2.23. The zero-order chi connectivity index (χ0) is 17.8. The first-order valence-electron chi connectivity index (χ1n) is 7.81. The molecule has 0 radical (unpaired) electrons. The van der Waals surface area contributed by atoms with Gasteiger partial charge in [-0.2, -0.15) is 0 Å². The molecular weight excluding hydrogens is 330 g/mol. The van der Waals surface area contributed by atoms with Gasteiger partial charge in [0.05, 0.1) is 0 Å². The SMILES string of the molecule is O=C(COc1ccc(F)c(F)c1)Nc1ccc(N2CCCC2=O)cc1. The molecule has 0 bridgehead atoms. The number of ether oxygens (including phenoxy) is 1. The van der Waals surface area contributed by atoms with Crippen molar-refractivity contribution < 1.29 is 23.1 Å². The Bertz CT molecular complexity index is 793. The van der Waals surface area contributed by atoms with E-state index in [0.29, 0.717) is 18.7 Å². The number of nitrogens with one attached hydrogen (secondary N) is 1. The van der Waals surface area contributed by atoms with Crippen LogP contribution in [0.25, 0.3) is 0 Å². The van der Waals surface area contributed by atoms with Crippen molar-refractivity contribution in [1.82, 2.24) is 0 Å². The Kier molecular flexibility index (Phi) is 4.92. The normalized spacial score (nSPS) is 13.8. The average Bonchev–Trinajstić information content (AvgIpc) is 3.03. The van der Waals surface area contributed by atoms with E-state index in [2.05, 4.69) is 5.32 Å². The maximum Gasteiger partial charge on any atom is 0.262 e. The summed E-state index contributed by atoms with van der Waals surface area (Å²) in [7, 11) is 0. The second-order valence-electron chi connectivity index (χ2n) is 5.61. The number of benzene rings is 2. The fourth-order valence-electron chi connectivity index (χ4n) is 2.56. The Balaban J connectivity index is 1.54. The molecule has 7 heteroatoms. The van der Waals surface area contributed by atoms with Gasteiger partial charge in [0.25, 0.3) is 5.91 Å². The van der Waals surface area contributed by atoms with E-state index in [4.69, 9.17) is 4.74 Å². The number of carbonyl (C=O) groups is 2. The van der Waals surface area contributed by atoms with Gasteiger partial charge >= 0.3 is 0 Å². The van der Waals surface area contributed by atoms with Crippen LogP contribution in [0, 0.1) is 11.6 Å². The van der Waals surface area contributed by atoms with Crippen LogP contribution in [0.15, 0.2) is 42.5 Å². The highest BCUT2D eigenvalue weighted by atomic mass is 19.2. The van der Waals surface area contributed by atoms with Crippen molar-refractivity contribution >= 4 is 23.2 Å². The molecule has 0 aromatic heterocycles. The molecule has 1 aliphatic heterocycles. The van der Waals surface area contributed by atoms with Crippen LogP contribution in [-0.4, -0.2) is 25.0 Å². The maximum absolute atomic E-state index is 13.1. The molecule has 1 aliphatic rings. The van der Waals surface area contributed by atoms with Crippen molar-refractivity contribution in [2.75, 3.05) is 23.4 Å². The zero-order valence-electron chi connectivity index (χ0n) is 13.3. The van der Waals surface area contributed by atoms with Crippen molar-refractivity contribution in [2.24, 2.45) is 0 Å². The summed E-state index contributed by atoms with van der Waals surface area (Å²) in [6, 6.07) is 9.95. The highest BCUT2D eigenvalue weighted by Crippen LogP contribution is 2.23. The van der Waals surface area contributed by atoms with Crippen LogP contribution in [0.2, 0.25) is 0 Å². The van der Waals surface area contributed by atoms with E-state index in [0.717, 1.165) is 24.2 Å². The van der Waals surface area contributed by atoms with E-state index >= 15 is 0 Å². The third-order valence-electron chi connectivity index (χ3n) is 3.80. The lowest BCUT2D eigenvalue weighted by molar-refractivity contribution is -0.118. The van der Waals surface area contributed by atoms with Crippen LogP contribution < -0.4 is 15.0 Å². The summed E-state index contributed by atoms with van der Waals surface area (Å²) in [5, 5.41) is 2.63. The van der Waals surface area contributed by atoms with Crippen LogP contribution in [0.1, 0.15) is 12.8 Å². The highest BCUT2D eigenvalue weighted by Gasteiger charge is 2.21. The Morgan fingerprint density at radius 1 is 1.12 bits per heavy atom. The molecule has 1 fully saturated rings. The molecule has 0 atom stereocenters. The van der Waals surface area contributed by atoms with Crippen LogP contribution >= 0.6 is 0 Å². The monoisotopic (exact) mass is 346 g/mol. The number of amides is 2. The number of halogens is 2. The molecule has 0 saturated carbocycles. The van der Waals surface area contributed by atoms with Crippen molar-refractivity contribution in [3.8, 4) is 5.75 Å². The smallest absolute Gasteiger partial charge is 0.262 e. The minimum atomic E-state index is -1.04. The third kappa shape index (κ3) is 4.12. The number of hydrogen-bond donors (Lipinski definition) is 1. The summed E-state index contributed by atoms with van der Waals surface area (Å²) < 4.78 is 31.0. The van der Waals surface area contributed by atoms with Gasteiger partial charge < -0.3 is 15.0 Å². The van der Waals surface area contributed by atoms with Gasteiger partial charge in [0, 0.05) is 30.4 Å². The topological polar surface area (TPSA) is 58.6 Å². The zero-order valence-corrected chi connectivity index (χ0v) is 13.3. The first-order valence-corrected chi connectivity index (χ1v) is 7.81. The van der Waals surface area contributed by atoms with Crippen molar-refractivity contribution in [1.29, 1.82) is 0 Å². The molecule has 2 aromatic carbocycles.